The van der Waals surface area contributed by atoms with E-state index in [-0.39, 0.29) is 16.4 Å². The molecule has 0 aromatic heterocycles. The number of nitrogens with zero attached hydrogens (tertiary/aromatic N) is 2. The molecule has 3 aromatic rings. The van der Waals surface area contributed by atoms with E-state index in [1.807, 2.05) is 27.7 Å². The van der Waals surface area contributed by atoms with E-state index in [2.05, 4.69) is 5.32 Å². The summed E-state index contributed by atoms with van der Waals surface area (Å²) in [6.45, 7) is 35.8. The van der Waals surface area contributed by atoms with Gasteiger partial charge in [-0.25, -0.2) is 26.4 Å². The van der Waals surface area contributed by atoms with Crippen LogP contribution >= 0.6 is 0 Å². The fourth-order valence-corrected chi connectivity index (χ4v) is 15.1. The minimum Gasteiger partial charge on any atom is -0.487 e. The van der Waals surface area contributed by atoms with Crippen molar-refractivity contribution in [1.82, 2.24) is 13.9 Å². The van der Waals surface area contributed by atoms with Crippen LogP contribution in [0.1, 0.15) is 199 Å². The second kappa shape index (κ2) is 26.5. The summed E-state index contributed by atoms with van der Waals surface area (Å²) in [7, 11) is -9.97. The molecule has 2 aliphatic rings. The highest BCUT2D eigenvalue weighted by Crippen LogP contribution is 2.45. The van der Waals surface area contributed by atoms with E-state index < -0.39 is 141 Å². The average molecular weight is 1240 g/mol. The molecule has 1 N–H and O–H groups in total. The number of alkyl carbamates (subject to hydrolysis) is 1. The minimum absolute atomic E-state index is 0.146. The van der Waals surface area contributed by atoms with E-state index in [0.717, 1.165) is 8.61 Å². The fraction of sp³-hybridized carbons (Fsp3) is 0.646. The molecule has 21 heteroatoms. The molecule has 0 spiro atoms. The van der Waals surface area contributed by atoms with Gasteiger partial charge >= 0.3 is 30.0 Å². The second-order valence-electron chi connectivity index (χ2n) is 28.1. The van der Waals surface area contributed by atoms with E-state index in [9.17, 15) is 19.2 Å². The lowest BCUT2D eigenvalue weighted by Crippen LogP contribution is -2.53. The predicted molar refractivity (Wildman–Crippen MR) is 328 cm³/mol. The Hall–Kier alpha value is -5.77. The maximum atomic E-state index is 16.4. The first kappa shape index (κ1) is 71.0. The molecule has 3 aromatic carbocycles. The van der Waals surface area contributed by atoms with Gasteiger partial charge in [0, 0.05) is 19.5 Å². The zero-order valence-corrected chi connectivity index (χ0v) is 56.8. The smallest absolute Gasteiger partial charge is 0.408 e. The molecular weight excluding hydrogens is 1140 g/mol. The normalized spacial score (nSPS) is 16.3. The lowest BCUT2D eigenvalue weighted by molar-refractivity contribution is -0.161. The standard InChI is InChI=1S/C65H97N3O16S2/c1-39-41(3)54(43(5)46-30-34-64(19,20)80-52(39)46)85(74,75)67(36-32-48(56(70)82-61(10,11)12)66-59(73)78-38-45-26-24-23-25-27-45)50(58(72)84-63(16,17)18)33-37-68(49(57(71)83-62(13,14)15)28-29-51(69)79-60(7,8)9)86(76,77)55-42(4)40(2)53-47(44(55)6)31-35-65(21,22)81-53/h23-27,48-50H,28-38H2,1-22H3,(H,66,73)/t48?,49-,50-/m0/s1. The number of amides is 1. The first-order valence-corrected chi connectivity index (χ1v) is 32.6. The van der Waals surface area contributed by atoms with Crippen molar-refractivity contribution in [3.63, 3.8) is 0 Å². The molecule has 480 valence electrons. The predicted octanol–water partition coefficient (Wildman–Crippen LogP) is 11.4. The number of benzene rings is 3. The number of carbonyl (C=O) groups excluding carboxylic acids is 5. The van der Waals surface area contributed by atoms with Gasteiger partial charge in [-0.2, -0.15) is 8.61 Å². The number of ether oxygens (including phenoxy) is 7. The maximum Gasteiger partial charge on any atom is 0.408 e. The van der Waals surface area contributed by atoms with Gasteiger partial charge in [0.2, 0.25) is 20.0 Å². The van der Waals surface area contributed by atoms with Crippen molar-refractivity contribution in [1.29, 1.82) is 0 Å². The van der Waals surface area contributed by atoms with Crippen LogP contribution in [0.15, 0.2) is 40.1 Å². The highest BCUT2D eigenvalue weighted by atomic mass is 32.2. The van der Waals surface area contributed by atoms with Gasteiger partial charge in [-0.3, -0.25) is 14.4 Å². The number of fused-ring (bicyclic) bond motifs is 2. The van der Waals surface area contributed by atoms with Crippen LogP contribution in [0.4, 0.5) is 4.79 Å². The number of hydrogen-bond donors (Lipinski definition) is 1. The van der Waals surface area contributed by atoms with Crippen LogP contribution in [-0.4, -0.2) is 120 Å². The SMILES string of the molecule is Cc1c(C)c(S(=O)(=O)N(CCC(NC(=O)OCc2ccccc2)C(=O)OC(C)(C)C)[C@@H](CCN([C@@H](CCC(=O)OC(C)(C)C)C(=O)OC(C)(C)C)S(=O)(=O)c2c(C)c(C)c3c(c2C)CCC(C)(C)O3)C(=O)OC(C)(C)C)c(C)c2c1OC(C)(C)CC2. The van der Waals surface area contributed by atoms with Gasteiger partial charge in [0.15, 0.2) is 0 Å². The zero-order valence-electron chi connectivity index (χ0n) is 55.1. The van der Waals surface area contributed by atoms with Gasteiger partial charge in [0.05, 0.1) is 9.79 Å². The molecule has 0 saturated carbocycles. The number of nitrogens with one attached hydrogen (secondary N) is 1. The molecule has 0 fully saturated rings. The third kappa shape index (κ3) is 18.2. The Kier molecular flexibility index (Phi) is 21.9. The van der Waals surface area contributed by atoms with Gasteiger partial charge in [0.1, 0.15) is 69.8 Å². The van der Waals surface area contributed by atoms with Crippen LogP contribution < -0.4 is 14.8 Å². The van der Waals surface area contributed by atoms with E-state index in [0.29, 0.717) is 87.3 Å². The van der Waals surface area contributed by atoms with Crippen molar-refractivity contribution in [3.8, 4) is 11.5 Å². The molecular formula is C65H97N3O16S2. The summed E-state index contributed by atoms with van der Waals surface area (Å²) in [5.41, 5.74) is -1.33. The van der Waals surface area contributed by atoms with Crippen molar-refractivity contribution in [3.05, 3.63) is 80.4 Å². The first-order valence-electron chi connectivity index (χ1n) is 29.7. The molecule has 5 rings (SSSR count). The number of carbonyl (C=O) groups is 5. The largest absolute Gasteiger partial charge is 0.487 e. The first-order chi connectivity index (χ1) is 39.2. The Morgan fingerprint density at radius 2 is 0.919 bits per heavy atom. The van der Waals surface area contributed by atoms with Crippen LogP contribution in [0.3, 0.4) is 0 Å². The van der Waals surface area contributed by atoms with Gasteiger partial charge in [-0.05, 0) is 247 Å². The Morgan fingerprint density at radius 1 is 0.535 bits per heavy atom. The van der Waals surface area contributed by atoms with Gasteiger partial charge < -0.3 is 38.5 Å². The van der Waals surface area contributed by atoms with Gasteiger partial charge in [-0.1, -0.05) is 30.3 Å². The van der Waals surface area contributed by atoms with E-state index in [1.165, 1.54) is 0 Å². The third-order valence-corrected chi connectivity index (χ3v) is 19.4. The van der Waals surface area contributed by atoms with Crippen LogP contribution in [0.5, 0.6) is 11.5 Å². The summed E-state index contributed by atoms with van der Waals surface area (Å²) in [6, 6.07) is 3.51. The van der Waals surface area contributed by atoms with E-state index in [1.54, 1.807) is 155 Å². The summed E-state index contributed by atoms with van der Waals surface area (Å²) in [6.07, 6.45) is -1.16. The molecule has 2 aliphatic heterocycles. The topological polar surface area (TPSA) is 237 Å². The minimum atomic E-state index is -5.01. The molecule has 1 amide bonds. The number of esters is 4. The highest BCUT2D eigenvalue weighted by molar-refractivity contribution is 7.89. The second-order valence-corrected chi connectivity index (χ2v) is 31.7. The summed E-state index contributed by atoms with van der Waals surface area (Å²) in [5.74, 6) is -2.72. The molecule has 2 heterocycles. The van der Waals surface area contributed by atoms with Crippen molar-refractivity contribution in [2.45, 2.75) is 272 Å². The number of sulfonamides is 2. The van der Waals surface area contributed by atoms with Crippen molar-refractivity contribution < 1.29 is 74.0 Å². The van der Waals surface area contributed by atoms with Crippen molar-refractivity contribution >= 4 is 50.0 Å². The third-order valence-electron chi connectivity index (χ3n) is 15.0. The molecule has 3 atom stereocenters. The molecule has 86 heavy (non-hydrogen) atoms. The van der Waals surface area contributed by atoms with Crippen LogP contribution in [-0.2, 0) is 82.4 Å². The van der Waals surface area contributed by atoms with E-state index in [4.69, 9.17) is 33.2 Å². The highest BCUT2D eigenvalue weighted by Gasteiger charge is 2.47. The monoisotopic (exact) mass is 1240 g/mol. The van der Waals surface area contributed by atoms with Crippen LogP contribution in [0.2, 0.25) is 0 Å². The quantitative estimate of drug-likeness (QED) is 0.0771. The fourth-order valence-electron chi connectivity index (χ4n) is 10.8. The average Bonchev–Trinajstić information content (AvgIpc) is 0.761. The maximum absolute atomic E-state index is 16.4. The molecule has 0 bridgehead atoms. The molecule has 19 nitrogen and oxygen atoms in total. The van der Waals surface area contributed by atoms with E-state index >= 15 is 21.6 Å². The Bertz CT molecular complexity index is 3250. The number of hydrogen-bond acceptors (Lipinski definition) is 16. The van der Waals surface area contributed by atoms with Gasteiger partial charge in [0.25, 0.3) is 0 Å². The van der Waals surface area contributed by atoms with Crippen molar-refractivity contribution in [2.24, 2.45) is 0 Å². The number of rotatable bonds is 21. The molecule has 0 saturated heterocycles. The Labute approximate surface area is 512 Å². The summed E-state index contributed by atoms with van der Waals surface area (Å²) >= 11 is 0. The van der Waals surface area contributed by atoms with Crippen LogP contribution in [0, 0.1) is 41.5 Å². The van der Waals surface area contributed by atoms with Crippen molar-refractivity contribution in [2.75, 3.05) is 13.1 Å². The lowest BCUT2D eigenvalue weighted by atomic mass is 9.88. The molecule has 0 radical (unpaired) electrons. The zero-order chi connectivity index (χ0) is 65.2. The molecule has 1 unspecified atom stereocenters. The lowest BCUT2D eigenvalue weighted by Gasteiger charge is -2.38. The molecule has 0 aliphatic carbocycles. The van der Waals surface area contributed by atoms with Gasteiger partial charge in [-0.15, -0.1) is 0 Å². The Morgan fingerprint density at radius 3 is 1.33 bits per heavy atom. The summed E-state index contributed by atoms with van der Waals surface area (Å²) in [5, 5.41) is 2.58. The van der Waals surface area contributed by atoms with Crippen LogP contribution in [0.25, 0.3) is 0 Å². The summed E-state index contributed by atoms with van der Waals surface area (Å²) in [4.78, 5) is 71.8. The Balaban J connectivity index is 1.83. The summed E-state index contributed by atoms with van der Waals surface area (Å²) < 4.78 is 109.